The van der Waals surface area contributed by atoms with Gasteiger partial charge in [-0.15, -0.1) is 0 Å². The van der Waals surface area contributed by atoms with Gasteiger partial charge in [0, 0.05) is 24.9 Å². The van der Waals surface area contributed by atoms with Crippen molar-refractivity contribution in [1.82, 2.24) is 4.72 Å². The number of sulfonamides is 1. The number of carboxylic acid groups (broad SMARTS) is 1. The van der Waals surface area contributed by atoms with Gasteiger partial charge in [0.25, 0.3) is 0 Å². The van der Waals surface area contributed by atoms with E-state index in [-0.39, 0.29) is 23.1 Å². The molecule has 0 radical (unpaired) electrons. The van der Waals surface area contributed by atoms with Crippen LogP contribution < -0.4 is 10.0 Å². The summed E-state index contributed by atoms with van der Waals surface area (Å²) in [5, 5.41) is 12.7. The Hall–Kier alpha value is -1.64. The van der Waals surface area contributed by atoms with Gasteiger partial charge in [-0.2, -0.15) is 0 Å². The van der Waals surface area contributed by atoms with Crippen LogP contribution in [0, 0.1) is 0 Å². The van der Waals surface area contributed by atoms with Gasteiger partial charge in [-0.25, -0.2) is 17.9 Å². The predicted octanol–water partition coefficient (Wildman–Crippen LogP) is 2.44. The largest absolute Gasteiger partial charge is 0.478 e. The Labute approximate surface area is 148 Å². The van der Waals surface area contributed by atoms with Crippen molar-refractivity contribution in [3.05, 3.63) is 23.8 Å². The predicted molar refractivity (Wildman–Crippen MR) is 95.6 cm³/mol. The highest BCUT2D eigenvalue weighted by Crippen LogP contribution is 2.26. The zero-order valence-electron chi connectivity index (χ0n) is 14.6. The third-order valence-corrected chi connectivity index (χ3v) is 5.86. The van der Waals surface area contributed by atoms with Crippen LogP contribution in [0.2, 0.25) is 0 Å². The molecule has 1 aliphatic rings. The fourth-order valence-electron chi connectivity index (χ4n) is 3.08. The smallest absolute Gasteiger partial charge is 0.337 e. The van der Waals surface area contributed by atoms with E-state index < -0.39 is 22.0 Å². The maximum absolute atomic E-state index is 12.4. The van der Waals surface area contributed by atoms with E-state index in [1.165, 1.54) is 31.7 Å². The Kier molecular flexibility index (Phi) is 6.80. The highest BCUT2D eigenvalue weighted by atomic mass is 32.2. The van der Waals surface area contributed by atoms with E-state index in [2.05, 4.69) is 10.0 Å². The molecule has 1 atom stereocenters. The maximum Gasteiger partial charge on any atom is 0.337 e. The molecule has 1 aliphatic carbocycles. The first-order chi connectivity index (χ1) is 11.8. The van der Waals surface area contributed by atoms with E-state index in [4.69, 9.17) is 4.74 Å². The number of carboxylic acids is 1. The minimum atomic E-state index is -3.81. The first-order valence-electron chi connectivity index (χ1n) is 8.48. The second kappa shape index (κ2) is 8.64. The van der Waals surface area contributed by atoms with Crippen LogP contribution >= 0.6 is 0 Å². The molecule has 0 saturated heterocycles. The number of ether oxygens (including phenoxy) is 1. The zero-order chi connectivity index (χ0) is 18.4. The van der Waals surface area contributed by atoms with Gasteiger partial charge in [0.05, 0.1) is 17.1 Å². The average Bonchev–Trinajstić information content (AvgIpc) is 2.55. The summed E-state index contributed by atoms with van der Waals surface area (Å²) in [5.74, 6) is -1.15. The lowest BCUT2D eigenvalue weighted by Crippen LogP contribution is -2.35. The van der Waals surface area contributed by atoms with Crippen LogP contribution in [-0.2, 0) is 14.8 Å². The van der Waals surface area contributed by atoms with Crippen molar-refractivity contribution in [2.75, 3.05) is 19.0 Å². The van der Waals surface area contributed by atoms with Crippen molar-refractivity contribution in [3.8, 4) is 0 Å². The van der Waals surface area contributed by atoms with Crippen LogP contribution in [0.3, 0.4) is 0 Å². The number of nitrogens with one attached hydrogen (secondary N) is 2. The Balaban J connectivity index is 2.23. The molecule has 25 heavy (non-hydrogen) atoms. The molecule has 3 N–H and O–H groups in total. The molecule has 1 aromatic carbocycles. The van der Waals surface area contributed by atoms with Gasteiger partial charge >= 0.3 is 5.97 Å². The van der Waals surface area contributed by atoms with Crippen molar-refractivity contribution < 1.29 is 23.1 Å². The summed E-state index contributed by atoms with van der Waals surface area (Å²) in [4.78, 5) is 11.5. The minimum absolute atomic E-state index is 0.0344. The molecule has 1 fully saturated rings. The van der Waals surface area contributed by atoms with Gasteiger partial charge in [0.2, 0.25) is 10.0 Å². The van der Waals surface area contributed by atoms with Gasteiger partial charge < -0.3 is 15.2 Å². The summed E-state index contributed by atoms with van der Waals surface area (Å²) in [6.45, 7) is 1.91. The number of hydrogen-bond donors (Lipinski definition) is 3. The Morgan fingerprint density at radius 2 is 2.00 bits per heavy atom. The minimum Gasteiger partial charge on any atom is -0.478 e. The van der Waals surface area contributed by atoms with Gasteiger partial charge in [-0.05, 0) is 38.0 Å². The molecule has 0 heterocycles. The lowest BCUT2D eigenvalue weighted by Gasteiger charge is -2.25. The SMILES string of the molecule is COCC(C)NS(=O)(=O)c1ccc(NC2CCCCC2)c(C(=O)O)c1. The van der Waals surface area contributed by atoms with Crippen molar-refractivity contribution in [2.24, 2.45) is 0 Å². The van der Waals surface area contributed by atoms with Crippen LogP contribution in [0.25, 0.3) is 0 Å². The number of carbonyl (C=O) groups is 1. The monoisotopic (exact) mass is 370 g/mol. The summed E-state index contributed by atoms with van der Waals surface area (Å²) in [6, 6.07) is 3.99. The molecule has 1 aromatic rings. The number of rotatable bonds is 8. The van der Waals surface area contributed by atoms with Crippen molar-refractivity contribution in [3.63, 3.8) is 0 Å². The summed E-state index contributed by atoms with van der Waals surface area (Å²) in [6.07, 6.45) is 5.43. The summed E-state index contributed by atoms with van der Waals surface area (Å²) >= 11 is 0. The molecule has 1 saturated carbocycles. The van der Waals surface area contributed by atoms with Gasteiger partial charge in [-0.3, -0.25) is 0 Å². The van der Waals surface area contributed by atoms with Gasteiger partial charge in [-0.1, -0.05) is 19.3 Å². The Bertz CT molecular complexity index is 699. The number of hydrogen-bond acceptors (Lipinski definition) is 5. The van der Waals surface area contributed by atoms with Crippen molar-refractivity contribution in [1.29, 1.82) is 0 Å². The highest BCUT2D eigenvalue weighted by Gasteiger charge is 2.22. The molecule has 0 amide bonds. The summed E-state index contributed by atoms with van der Waals surface area (Å²) in [7, 11) is -2.32. The van der Waals surface area contributed by atoms with E-state index >= 15 is 0 Å². The van der Waals surface area contributed by atoms with Crippen molar-refractivity contribution >= 4 is 21.7 Å². The number of aromatic carboxylic acids is 1. The van der Waals surface area contributed by atoms with Crippen LogP contribution in [0.4, 0.5) is 5.69 Å². The molecule has 140 valence electrons. The third-order valence-electron chi connectivity index (χ3n) is 4.27. The summed E-state index contributed by atoms with van der Waals surface area (Å²) in [5.41, 5.74) is 0.427. The van der Waals surface area contributed by atoms with E-state index in [9.17, 15) is 18.3 Å². The van der Waals surface area contributed by atoms with Gasteiger partial charge in [0.15, 0.2) is 0 Å². The molecule has 0 bridgehead atoms. The normalized spacial score (nSPS) is 17.2. The average molecular weight is 370 g/mol. The van der Waals surface area contributed by atoms with Crippen LogP contribution in [0.1, 0.15) is 49.4 Å². The number of benzene rings is 1. The molecule has 2 rings (SSSR count). The second-order valence-corrected chi connectivity index (χ2v) is 8.18. The van der Waals surface area contributed by atoms with Crippen LogP contribution in [0.5, 0.6) is 0 Å². The molecular formula is C17H26N2O5S. The van der Waals surface area contributed by atoms with Crippen molar-refractivity contribution in [2.45, 2.75) is 56.0 Å². The molecule has 0 spiro atoms. The first-order valence-corrected chi connectivity index (χ1v) is 9.97. The zero-order valence-corrected chi connectivity index (χ0v) is 15.4. The first kappa shape index (κ1) is 19.7. The number of anilines is 1. The van der Waals surface area contributed by atoms with E-state index in [1.54, 1.807) is 6.92 Å². The highest BCUT2D eigenvalue weighted by molar-refractivity contribution is 7.89. The molecule has 7 nitrogen and oxygen atoms in total. The van der Waals surface area contributed by atoms with Crippen LogP contribution in [0.15, 0.2) is 23.1 Å². The Morgan fingerprint density at radius 3 is 2.60 bits per heavy atom. The topological polar surface area (TPSA) is 105 Å². The van der Waals surface area contributed by atoms with Gasteiger partial charge in [0.1, 0.15) is 0 Å². The molecule has 0 aliphatic heterocycles. The van der Waals surface area contributed by atoms with E-state index in [0.717, 1.165) is 25.7 Å². The number of methoxy groups -OCH3 is 1. The second-order valence-electron chi connectivity index (χ2n) is 6.47. The maximum atomic E-state index is 12.4. The van der Waals surface area contributed by atoms with Crippen LogP contribution in [-0.4, -0.2) is 45.3 Å². The van der Waals surface area contributed by atoms with E-state index in [1.807, 2.05) is 0 Å². The fraction of sp³-hybridized carbons (Fsp3) is 0.588. The lowest BCUT2D eigenvalue weighted by molar-refractivity contribution is 0.0697. The summed E-state index contributed by atoms with van der Waals surface area (Å²) < 4.78 is 32.2. The molecule has 1 unspecified atom stereocenters. The van der Waals surface area contributed by atoms with E-state index in [0.29, 0.717) is 5.69 Å². The molecule has 8 heteroatoms. The Morgan fingerprint density at radius 1 is 1.32 bits per heavy atom. The standard InChI is InChI=1S/C17H26N2O5S/c1-12(11-24-2)19-25(22,23)14-8-9-16(15(10-14)17(20)21)18-13-6-4-3-5-7-13/h8-10,12-13,18-19H,3-7,11H2,1-2H3,(H,20,21). The lowest BCUT2D eigenvalue weighted by atomic mass is 9.95. The third kappa shape index (κ3) is 5.42. The molecular weight excluding hydrogens is 344 g/mol. The fourth-order valence-corrected chi connectivity index (χ4v) is 4.33. The molecule has 0 aromatic heterocycles. The quantitative estimate of drug-likeness (QED) is 0.649.